The summed E-state index contributed by atoms with van der Waals surface area (Å²) in [6, 6.07) is 0. The van der Waals surface area contributed by atoms with Crippen molar-refractivity contribution < 1.29 is 25.0 Å². The van der Waals surface area contributed by atoms with Crippen molar-refractivity contribution in [3.05, 3.63) is 0 Å². The highest BCUT2D eigenvalue weighted by Gasteiger charge is 2.56. The quantitative estimate of drug-likeness (QED) is 0.357. The Kier molecular flexibility index (Phi) is 4.14. The summed E-state index contributed by atoms with van der Waals surface area (Å²) >= 11 is 0. The summed E-state index contributed by atoms with van der Waals surface area (Å²) < 4.78 is 0. The van der Waals surface area contributed by atoms with Crippen LogP contribution in [0.1, 0.15) is 38.5 Å². The topological polar surface area (TPSA) is 136 Å². The number of rotatable bonds is 5. The maximum atomic E-state index is 11.5. The van der Waals surface area contributed by atoms with E-state index in [1.54, 1.807) is 0 Å². The van der Waals surface area contributed by atoms with E-state index < -0.39 is 18.3 Å². The maximum absolute atomic E-state index is 11.5. The Morgan fingerprint density at radius 1 is 1.40 bits per heavy atom. The number of nitrogens with two attached hydrogens (primary N) is 1. The lowest BCUT2D eigenvalue weighted by Crippen LogP contribution is -2.52. The van der Waals surface area contributed by atoms with Gasteiger partial charge in [-0.1, -0.05) is 19.2 Å². The minimum Gasteiger partial charge on any atom is -0.560 e. The number of carboxylic acid groups (broad SMARTS) is 1. The third-order valence-electron chi connectivity index (χ3n) is 4.87. The molecule has 1 heterocycles. The molecule has 0 aromatic rings. The van der Waals surface area contributed by atoms with Crippen molar-refractivity contribution >= 4 is 12.7 Å². The van der Waals surface area contributed by atoms with E-state index in [9.17, 15) is 9.90 Å². The lowest BCUT2D eigenvalue weighted by molar-refractivity contribution is -0.145. The molecule has 8 heteroatoms. The smallest absolute Gasteiger partial charge is 0.371 e. The molecule has 1 saturated carbocycles. The van der Waals surface area contributed by atoms with Gasteiger partial charge in [0.15, 0.2) is 0 Å². The molecule has 7 N–H and O–H groups in total. The molecule has 116 valence electrons. The largest absolute Gasteiger partial charge is 0.560 e. The van der Waals surface area contributed by atoms with E-state index in [0.29, 0.717) is 25.7 Å². The van der Waals surface area contributed by atoms with Crippen molar-refractivity contribution in [3.8, 4) is 0 Å². The number of hydrogen-bond donors (Lipinski definition) is 6. The Morgan fingerprint density at radius 2 is 2.10 bits per heavy atom. The maximum Gasteiger partial charge on any atom is 0.371 e. The summed E-state index contributed by atoms with van der Waals surface area (Å²) in [5.41, 5.74) is 4.68. The van der Waals surface area contributed by atoms with Crippen LogP contribution < -0.4 is 11.1 Å². The standard InChI is InChI=1S/C12H24BN2O5/c14-12(10(16)17)8-11(4-2-6-15-11)7-9(12)3-1-5-13(18,19)20/h9,15,18-20H,1-8,14H2,(H,16,17)/q-1/t9-,11-,12-/m0/s1. The van der Waals surface area contributed by atoms with Gasteiger partial charge < -0.3 is 31.2 Å². The lowest BCUT2D eigenvalue weighted by atomic mass is 9.72. The predicted octanol–water partition coefficient (Wildman–Crippen LogP) is -1.00. The molecule has 3 atom stereocenters. The van der Waals surface area contributed by atoms with Crippen LogP contribution in [-0.4, -0.2) is 50.5 Å². The lowest BCUT2D eigenvalue weighted by Gasteiger charge is -2.28. The number of carboxylic acids is 1. The van der Waals surface area contributed by atoms with Crippen molar-refractivity contribution in [1.29, 1.82) is 0 Å². The monoisotopic (exact) mass is 287 g/mol. The van der Waals surface area contributed by atoms with Gasteiger partial charge in [-0.05, 0) is 38.1 Å². The number of nitrogens with one attached hydrogen (secondary N) is 1. The third-order valence-corrected chi connectivity index (χ3v) is 4.87. The highest BCUT2D eigenvalue weighted by atomic mass is 16.5. The summed E-state index contributed by atoms with van der Waals surface area (Å²) in [7, 11) is 0. The Bertz CT molecular complexity index is 381. The van der Waals surface area contributed by atoms with Crippen LogP contribution >= 0.6 is 0 Å². The van der Waals surface area contributed by atoms with Gasteiger partial charge in [-0.15, -0.1) is 0 Å². The average Bonchev–Trinajstić information content (AvgIpc) is 2.84. The van der Waals surface area contributed by atoms with Gasteiger partial charge in [0.25, 0.3) is 0 Å². The number of hydrogen-bond acceptors (Lipinski definition) is 6. The first-order valence-corrected chi connectivity index (χ1v) is 7.27. The molecule has 0 amide bonds. The van der Waals surface area contributed by atoms with Crippen LogP contribution in [0.25, 0.3) is 0 Å². The molecule has 2 fully saturated rings. The van der Waals surface area contributed by atoms with Crippen LogP contribution in [0.2, 0.25) is 6.32 Å². The molecule has 0 aromatic carbocycles. The zero-order chi connectivity index (χ0) is 15.0. The first-order valence-electron chi connectivity index (χ1n) is 7.27. The fraction of sp³-hybridized carbons (Fsp3) is 0.917. The number of carbonyl (C=O) groups is 1. The molecule has 20 heavy (non-hydrogen) atoms. The summed E-state index contributed by atoms with van der Waals surface area (Å²) in [5, 5.41) is 39.7. The molecule has 2 rings (SSSR count). The normalized spacial score (nSPS) is 37.7. The van der Waals surface area contributed by atoms with Gasteiger partial charge in [-0.3, -0.25) is 4.79 Å². The molecule has 1 spiro atoms. The van der Waals surface area contributed by atoms with Gasteiger partial charge in [-0.25, -0.2) is 0 Å². The third kappa shape index (κ3) is 3.15. The van der Waals surface area contributed by atoms with E-state index in [4.69, 9.17) is 20.8 Å². The van der Waals surface area contributed by atoms with Crippen molar-refractivity contribution in [2.24, 2.45) is 11.7 Å². The molecular formula is C12H24BN2O5-. The van der Waals surface area contributed by atoms with Gasteiger partial charge in [0.05, 0.1) is 0 Å². The van der Waals surface area contributed by atoms with E-state index in [1.807, 2.05) is 0 Å². The van der Waals surface area contributed by atoms with Crippen molar-refractivity contribution in [1.82, 2.24) is 5.32 Å². The fourth-order valence-corrected chi connectivity index (χ4v) is 3.87. The Balaban J connectivity index is 2.03. The molecule has 1 aliphatic carbocycles. The van der Waals surface area contributed by atoms with E-state index in [0.717, 1.165) is 19.4 Å². The van der Waals surface area contributed by atoms with E-state index in [1.165, 1.54) is 0 Å². The second-order valence-corrected chi connectivity index (χ2v) is 6.56. The van der Waals surface area contributed by atoms with Crippen LogP contribution in [0.4, 0.5) is 0 Å². The summed E-state index contributed by atoms with van der Waals surface area (Å²) in [6.07, 6.45) is 3.73. The van der Waals surface area contributed by atoms with Gasteiger partial charge in [0, 0.05) is 5.54 Å². The Labute approximate surface area is 118 Å². The highest BCUT2D eigenvalue weighted by molar-refractivity contribution is 6.56. The first-order chi connectivity index (χ1) is 9.17. The number of aliphatic carboxylic acids is 1. The van der Waals surface area contributed by atoms with Crippen LogP contribution in [0.5, 0.6) is 0 Å². The molecule has 1 aliphatic heterocycles. The SMILES string of the molecule is N[C@@]1(C(=O)O)C[C@]2(CCCN2)C[C@@H]1CCC[B-](O)(O)O. The van der Waals surface area contributed by atoms with E-state index in [-0.39, 0.29) is 17.8 Å². The fourth-order valence-electron chi connectivity index (χ4n) is 3.87. The van der Waals surface area contributed by atoms with E-state index in [2.05, 4.69) is 5.32 Å². The zero-order valence-electron chi connectivity index (χ0n) is 11.6. The summed E-state index contributed by atoms with van der Waals surface area (Å²) in [4.78, 5) is 11.5. The van der Waals surface area contributed by atoms with E-state index >= 15 is 0 Å². The summed E-state index contributed by atoms with van der Waals surface area (Å²) in [6.45, 7) is -2.41. The second kappa shape index (κ2) is 5.27. The molecule has 0 aromatic heterocycles. The van der Waals surface area contributed by atoms with Crippen molar-refractivity contribution in [2.75, 3.05) is 6.54 Å². The van der Waals surface area contributed by atoms with Crippen LogP contribution in [0.3, 0.4) is 0 Å². The molecule has 0 unspecified atom stereocenters. The Hall–Kier alpha value is -0.665. The average molecular weight is 287 g/mol. The van der Waals surface area contributed by atoms with Gasteiger partial charge in [-0.2, -0.15) is 0 Å². The molecule has 2 aliphatic rings. The van der Waals surface area contributed by atoms with Gasteiger partial charge in [0.1, 0.15) is 5.54 Å². The molecule has 0 radical (unpaired) electrons. The minimum absolute atomic E-state index is 0.146. The molecule has 1 saturated heterocycles. The van der Waals surface area contributed by atoms with Gasteiger partial charge >= 0.3 is 12.7 Å². The van der Waals surface area contributed by atoms with Crippen LogP contribution in [0, 0.1) is 5.92 Å². The molecule has 7 nitrogen and oxygen atoms in total. The van der Waals surface area contributed by atoms with Crippen molar-refractivity contribution in [2.45, 2.75) is 55.9 Å². The Morgan fingerprint density at radius 3 is 2.60 bits per heavy atom. The second-order valence-electron chi connectivity index (χ2n) is 6.56. The van der Waals surface area contributed by atoms with Crippen LogP contribution in [0.15, 0.2) is 0 Å². The first kappa shape index (κ1) is 15.7. The predicted molar refractivity (Wildman–Crippen MR) is 73.7 cm³/mol. The minimum atomic E-state index is -3.30. The van der Waals surface area contributed by atoms with Crippen molar-refractivity contribution in [3.63, 3.8) is 0 Å². The summed E-state index contributed by atoms with van der Waals surface area (Å²) in [5.74, 6) is -1.22. The van der Waals surface area contributed by atoms with Crippen LogP contribution in [-0.2, 0) is 4.79 Å². The highest BCUT2D eigenvalue weighted by Crippen LogP contribution is 2.47. The zero-order valence-corrected chi connectivity index (χ0v) is 11.6. The molecular weight excluding hydrogens is 263 g/mol. The van der Waals surface area contributed by atoms with Gasteiger partial charge in [0.2, 0.25) is 0 Å². The molecule has 0 bridgehead atoms.